The monoisotopic (exact) mass is 376 g/mol. The summed E-state index contributed by atoms with van der Waals surface area (Å²) < 4.78 is 48.1. The van der Waals surface area contributed by atoms with Crippen molar-refractivity contribution in [3.63, 3.8) is 0 Å². The van der Waals surface area contributed by atoms with Crippen molar-refractivity contribution in [1.29, 1.82) is 0 Å². The molecule has 1 aliphatic carbocycles. The molecule has 1 fully saturated rings. The highest BCUT2D eigenvalue weighted by molar-refractivity contribution is 5.34. The first-order chi connectivity index (χ1) is 13.0. The maximum Gasteiger partial charge on any atom is 0.200 e. The third kappa shape index (κ3) is 4.48. The zero-order valence-electron chi connectivity index (χ0n) is 16.0. The maximum absolute atomic E-state index is 14.6. The van der Waals surface area contributed by atoms with Gasteiger partial charge < -0.3 is 4.74 Å². The van der Waals surface area contributed by atoms with Crippen molar-refractivity contribution in [2.24, 2.45) is 0 Å². The van der Waals surface area contributed by atoms with Crippen LogP contribution in [0.25, 0.3) is 0 Å². The molecule has 1 aliphatic rings. The van der Waals surface area contributed by atoms with Gasteiger partial charge in [-0.1, -0.05) is 31.5 Å². The van der Waals surface area contributed by atoms with Crippen molar-refractivity contribution in [2.75, 3.05) is 6.61 Å². The molecule has 0 N–H and O–H groups in total. The number of aryl methyl sites for hydroxylation is 1. The molecule has 0 atom stereocenters. The molecule has 0 aliphatic heterocycles. The fraction of sp³-hybridized carbons (Fsp3) is 0.478. The predicted octanol–water partition coefficient (Wildman–Crippen LogP) is 7.03. The lowest BCUT2D eigenvalue weighted by Crippen LogP contribution is -2.14. The third-order valence-electron chi connectivity index (χ3n) is 5.67. The summed E-state index contributed by atoms with van der Waals surface area (Å²) in [6.07, 6.45) is 4.99. The fourth-order valence-corrected chi connectivity index (χ4v) is 3.90. The van der Waals surface area contributed by atoms with E-state index in [4.69, 9.17) is 4.74 Å². The molecule has 1 saturated carbocycles. The summed E-state index contributed by atoms with van der Waals surface area (Å²) in [6.45, 7) is 4.16. The van der Waals surface area contributed by atoms with Crippen LogP contribution in [0.3, 0.4) is 0 Å². The molecule has 4 heteroatoms. The Morgan fingerprint density at radius 1 is 0.926 bits per heavy atom. The molecular weight excluding hydrogens is 349 g/mol. The van der Waals surface area contributed by atoms with Crippen LogP contribution in [0.5, 0.6) is 5.75 Å². The van der Waals surface area contributed by atoms with Gasteiger partial charge in [-0.15, -0.1) is 0 Å². The summed E-state index contributed by atoms with van der Waals surface area (Å²) >= 11 is 0. The van der Waals surface area contributed by atoms with Crippen LogP contribution in [0, 0.1) is 24.4 Å². The zero-order chi connectivity index (χ0) is 19.4. The van der Waals surface area contributed by atoms with Gasteiger partial charge in [-0.25, -0.2) is 8.78 Å². The van der Waals surface area contributed by atoms with Gasteiger partial charge in [-0.05, 0) is 79.7 Å². The first kappa shape index (κ1) is 19.8. The first-order valence-electron chi connectivity index (χ1n) is 9.88. The Morgan fingerprint density at radius 2 is 1.63 bits per heavy atom. The molecule has 0 amide bonds. The lowest BCUT2D eigenvalue weighted by atomic mass is 9.76. The summed E-state index contributed by atoms with van der Waals surface area (Å²) in [7, 11) is 0. The summed E-state index contributed by atoms with van der Waals surface area (Å²) in [5, 5.41) is 0. The Kier molecular flexibility index (Phi) is 6.46. The van der Waals surface area contributed by atoms with Gasteiger partial charge in [-0.2, -0.15) is 4.39 Å². The van der Waals surface area contributed by atoms with Crippen LogP contribution in [-0.2, 0) is 0 Å². The van der Waals surface area contributed by atoms with Crippen LogP contribution in [0.4, 0.5) is 13.2 Å². The van der Waals surface area contributed by atoms with Gasteiger partial charge >= 0.3 is 0 Å². The number of benzene rings is 2. The average Bonchev–Trinajstić information content (AvgIpc) is 2.68. The standard InChI is InChI=1S/C23H27F3O/c1-3-4-13-27-21-12-11-19(22(25)23(21)26)17-9-7-16(8-10-17)18-6-5-15(2)20(24)14-18/h5-6,11-12,14,16-17H,3-4,7-10,13H2,1-2H3. The molecule has 0 spiro atoms. The topological polar surface area (TPSA) is 9.23 Å². The van der Waals surface area contributed by atoms with E-state index in [-0.39, 0.29) is 23.4 Å². The van der Waals surface area contributed by atoms with E-state index in [9.17, 15) is 13.2 Å². The van der Waals surface area contributed by atoms with Gasteiger partial charge in [-0.3, -0.25) is 0 Å². The van der Waals surface area contributed by atoms with Gasteiger partial charge in [0.1, 0.15) is 5.82 Å². The summed E-state index contributed by atoms with van der Waals surface area (Å²) in [6, 6.07) is 8.61. The van der Waals surface area contributed by atoms with E-state index in [1.165, 1.54) is 0 Å². The van der Waals surface area contributed by atoms with Crippen molar-refractivity contribution in [1.82, 2.24) is 0 Å². The van der Waals surface area contributed by atoms with Crippen LogP contribution < -0.4 is 4.74 Å². The molecule has 0 bridgehead atoms. The predicted molar refractivity (Wildman–Crippen MR) is 102 cm³/mol. The highest BCUT2D eigenvalue weighted by atomic mass is 19.2. The largest absolute Gasteiger partial charge is 0.490 e. The minimum atomic E-state index is -0.883. The van der Waals surface area contributed by atoms with Crippen molar-refractivity contribution in [3.05, 3.63) is 64.5 Å². The van der Waals surface area contributed by atoms with Gasteiger partial charge in [0.25, 0.3) is 0 Å². The second kappa shape index (κ2) is 8.81. The van der Waals surface area contributed by atoms with Crippen molar-refractivity contribution in [3.8, 4) is 5.75 Å². The van der Waals surface area contributed by atoms with Crippen molar-refractivity contribution >= 4 is 0 Å². The lowest BCUT2D eigenvalue weighted by molar-refractivity contribution is 0.286. The SMILES string of the molecule is CCCCOc1ccc(C2CCC(c3ccc(C)c(F)c3)CC2)c(F)c1F. The molecule has 2 aromatic carbocycles. The molecule has 0 radical (unpaired) electrons. The molecule has 0 aromatic heterocycles. The van der Waals surface area contributed by atoms with Gasteiger partial charge in [0.15, 0.2) is 11.6 Å². The smallest absolute Gasteiger partial charge is 0.200 e. The Morgan fingerprint density at radius 3 is 2.30 bits per heavy atom. The zero-order valence-corrected chi connectivity index (χ0v) is 16.0. The Bertz CT molecular complexity index is 779. The molecular formula is C23H27F3O. The third-order valence-corrected chi connectivity index (χ3v) is 5.67. The number of halogens is 3. The van der Waals surface area contributed by atoms with E-state index in [1.807, 2.05) is 19.1 Å². The molecule has 0 heterocycles. The second-order valence-electron chi connectivity index (χ2n) is 7.54. The summed E-state index contributed by atoms with van der Waals surface area (Å²) in [4.78, 5) is 0. The Hall–Kier alpha value is -1.97. The second-order valence-corrected chi connectivity index (χ2v) is 7.54. The van der Waals surface area contributed by atoms with E-state index in [0.717, 1.165) is 44.1 Å². The number of unbranched alkanes of at least 4 members (excludes halogenated alkanes) is 1. The molecule has 146 valence electrons. The van der Waals surface area contributed by atoms with Crippen LogP contribution >= 0.6 is 0 Å². The molecule has 0 saturated heterocycles. The van der Waals surface area contributed by atoms with E-state index in [0.29, 0.717) is 17.7 Å². The number of hydrogen-bond donors (Lipinski definition) is 0. The van der Waals surface area contributed by atoms with Crippen LogP contribution in [0.1, 0.15) is 74.0 Å². The van der Waals surface area contributed by atoms with Gasteiger partial charge in [0.05, 0.1) is 6.61 Å². The normalized spacial score (nSPS) is 19.9. The average molecular weight is 376 g/mol. The molecule has 27 heavy (non-hydrogen) atoms. The number of rotatable bonds is 6. The van der Waals surface area contributed by atoms with E-state index >= 15 is 0 Å². The van der Waals surface area contributed by atoms with E-state index < -0.39 is 11.6 Å². The fourth-order valence-electron chi connectivity index (χ4n) is 3.90. The Labute approximate surface area is 159 Å². The summed E-state index contributed by atoms with van der Waals surface area (Å²) in [5.74, 6) is -1.58. The van der Waals surface area contributed by atoms with Gasteiger partial charge in [0, 0.05) is 0 Å². The minimum Gasteiger partial charge on any atom is -0.490 e. The first-order valence-corrected chi connectivity index (χ1v) is 9.88. The summed E-state index contributed by atoms with van der Waals surface area (Å²) in [5.41, 5.74) is 2.08. The molecule has 2 aromatic rings. The van der Waals surface area contributed by atoms with Gasteiger partial charge in [0.2, 0.25) is 5.82 Å². The molecule has 3 rings (SSSR count). The highest BCUT2D eigenvalue weighted by Gasteiger charge is 2.27. The van der Waals surface area contributed by atoms with Crippen molar-refractivity contribution in [2.45, 2.75) is 64.2 Å². The van der Waals surface area contributed by atoms with Crippen LogP contribution in [0.2, 0.25) is 0 Å². The maximum atomic E-state index is 14.6. The van der Waals surface area contributed by atoms with Crippen LogP contribution in [0.15, 0.2) is 30.3 Å². The highest BCUT2D eigenvalue weighted by Crippen LogP contribution is 2.42. The molecule has 1 nitrogen and oxygen atoms in total. The van der Waals surface area contributed by atoms with E-state index in [2.05, 4.69) is 0 Å². The lowest BCUT2D eigenvalue weighted by Gasteiger charge is -2.29. The number of ether oxygens (including phenoxy) is 1. The minimum absolute atomic E-state index is 0.00395. The van der Waals surface area contributed by atoms with E-state index in [1.54, 1.807) is 25.1 Å². The Balaban J connectivity index is 1.67. The molecule has 0 unspecified atom stereocenters. The van der Waals surface area contributed by atoms with Crippen molar-refractivity contribution < 1.29 is 17.9 Å². The van der Waals surface area contributed by atoms with Crippen LogP contribution in [-0.4, -0.2) is 6.61 Å². The quantitative estimate of drug-likeness (QED) is 0.492. The number of hydrogen-bond acceptors (Lipinski definition) is 1.